The van der Waals surface area contributed by atoms with Crippen LogP contribution in [0, 0.1) is 5.82 Å². The minimum absolute atomic E-state index is 0.313. The Morgan fingerprint density at radius 2 is 2.24 bits per heavy atom. The second-order valence-electron chi connectivity index (χ2n) is 3.58. The van der Waals surface area contributed by atoms with Crippen LogP contribution in [0.4, 0.5) is 10.3 Å². The van der Waals surface area contributed by atoms with Crippen LogP contribution in [0.15, 0.2) is 29.1 Å². The minimum atomic E-state index is -0.388. The van der Waals surface area contributed by atoms with E-state index < -0.39 is 0 Å². The van der Waals surface area contributed by atoms with Crippen molar-refractivity contribution in [3.05, 3.63) is 40.6 Å². The van der Waals surface area contributed by atoms with Crippen molar-refractivity contribution in [2.45, 2.75) is 6.92 Å². The van der Waals surface area contributed by atoms with E-state index in [9.17, 15) is 9.18 Å². The Balaban J connectivity index is 2.61. The third-order valence-corrected chi connectivity index (χ3v) is 2.33. The Labute approximate surface area is 97.5 Å². The van der Waals surface area contributed by atoms with Crippen LogP contribution in [-0.2, 0) is 7.05 Å². The molecule has 0 aliphatic rings. The SMILES string of the molecule is CCNc1nn(C)c(=O)n1-c1cccc(F)c1. The molecule has 1 aromatic heterocycles. The molecular formula is C11H13FN4O. The fraction of sp³-hybridized carbons (Fsp3) is 0.273. The number of rotatable bonds is 3. The van der Waals surface area contributed by atoms with Gasteiger partial charge >= 0.3 is 5.69 Å². The van der Waals surface area contributed by atoms with Gasteiger partial charge in [-0.3, -0.25) is 0 Å². The Bertz CT molecular complexity index is 587. The van der Waals surface area contributed by atoms with Crippen molar-refractivity contribution in [3.63, 3.8) is 0 Å². The van der Waals surface area contributed by atoms with Gasteiger partial charge in [-0.2, -0.15) is 0 Å². The smallest absolute Gasteiger partial charge is 0.351 e. The average Bonchev–Trinajstić information content (AvgIpc) is 2.55. The van der Waals surface area contributed by atoms with Crippen molar-refractivity contribution in [1.82, 2.24) is 14.3 Å². The standard InChI is InChI=1S/C11H13FN4O/c1-3-13-10-14-15(2)11(17)16(10)9-6-4-5-8(12)7-9/h4-7H,3H2,1-2H3,(H,13,14). The van der Waals surface area contributed by atoms with Crippen LogP contribution >= 0.6 is 0 Å². The van der Waals surface area contributed by atoms with Gasteiger partial charge in [-0.1, -0.05) is 6.07 Å². The van der Waals surface area contributed by atoms with Gasteiger partial charge < -0.3 is 5.32 Å². The molecule has 0 fully saturated rings. The van der Waals surface area contributed by atoms with E-state index in [2.05, 4.69) is 10.4 Å². The van der Waals surface area contributed by atoms with Gasteiger partial charge in [0, 0.05) is 13.6 Å². The number of aromatic nitrogens is 3. The van der Waals surface area contributed by atoms with E-state index in [1.807, 2.05) is 6.92 Å². The van der Waals surface area contributed by atoms with Crippen molar-refractivity contribution < 1.29 is 4.39 Å². The van der Waals surface area contributed by atoms with Gasteiger partial charge in [0.25, 0.3) is 0 Å². The highest BCUT2D eigenvalue weighted by Gasteiger charge is 2.12. The summed E-state index contributed by atoms with van der Waals surface area (Å²) < 4.78 is 15.7. The van der Waals surface area contributed by atoms with Crippen LogP contribution in [-0.4, -0.2) is 20.9 Å². The Kier molecular flexibility index (Phi) is 2.95. The van der Waals surface area contributed by atoms with Crippen LogP contribution in [0.1, 0.15) is 6.92 Å². The largest absolute Gasteiger partial charge is 0.354 e. The number of benzene rings is 1. The van der Waals surface area contributed by atoms with Gasteiger partial charge in [0.15, 0.2) is 0 Å². The summed E-state index contributed by atoms with van der Waals surface area (Å²) in [6.07, 6.45) is 0. The fourth-order valence-electron chi connectivity index (χ4n) is 1.59. The van der Waals surface area contributed by atoms with E-state index in [0.717, 1.165) is 0 Å². The summed E-state index contributed by atoms with van der Waals surface area (Å²) in [7, 11) is 1.55. The van der Waals surface area contributed by atoms with Crippen molar-refractivity contribution in [2.75, 3.05) is 11.9 Å². The summed E-state index contributed by atoms with van der Waals surface area (Å²) in [5.41, 5.74) is 0.144. The summed E-state index contributed by atoms with van der Waals surface area (Å²) in [4.78, 5) is 11.9. The molecular weight excluding hydrogens is 223 g/mol. The van der Waals surface area contributed by atoms with Gasteiger partial charge in [-0.05, 0) is 25.1 Å². The van der Waals surface area contributed by atoms with E-state index in [-0.39, 0.29) is 11.5 Å². The zero-order chi connectivity index (χ0) is 12.4. The first-order valence-corrected chi connectivity index (χ1v) is 5.29. The molecule has 0 radical (unpaired) electrons. The zero-order valence-electron chi connectivity index (χ0n) is 9.64. The normalized spacial score (nSPS) is 10.5. The molecule has 6 heteroatoms. The second kappa shape index (κ2) is 4.40. The molecule has 17 heavy (non-hydrogen) atoms. The topological polar surface area (TPSA) is 51.9 Å². The molecule has 0 aliphatic heterocycles. The van der Waals surface area contributed by atoms with Gasteiger partial charge in [0.2, 0.25) is 5.95 Å². The van der Waals surface area contributed by atoms with Crippen molar-refractivity contribution in [1.29, 1.82) is 0 Å². The number of hydrogen-bond donors (Lipinski definition) is 1. The first-order valence-electron chi connectivity index (χ1n) is 5.29. The first-order chi connectivity index (χ1) is 8.13. The van der Waals surface area contributed by atoms with Gasteiger partial charge in [-0.15, -0.1) is 5.10 Å². The first kappa shape index (κ1) is 11.4. The molecule has 1 aromatic carbocycles. The van der Waals surface area contributed by atoms with E-state index in [4.69, 9.17) is 0 Å². The molecule has 2 rings (SSSR count). The summed E-state index contributed by atoms with van der Waals surface area (Å²) in [5, 5.41) is 7.00. The molecule has 0 amide bonds. The van der Waals surface area contributed by atoms with Crippen LogP contribution in [0.5, 0.6) is 0 Å². The van der Waals surface area contributed by atoms with Gasteiger partial charge in [-0.25, -0.2) is 18.4 Å². The molecule has 1 N–H and O–H groups in total. The summed E-state index contributed by atoms with van der Waals surface area (Å²) in [6, 6.07) is 5.84. The average molecular weight is 236 g/mol. The predicted molar refractivity (Wildman–Crippen MR) is 62.9 cm³/mol. The monoisotopic (exact) mass is 236 g/mol. The lowest BCUT2D eigenvalue weighted by Gasteiger charge is -2.05. The van der Waals surface area contributed by atoms with Crippen molar-refractivity contribution >= 4 is 5.95 Å². The number of aryl methyl sites for hydroxylation is 1. The number of hydrogen-bond acceptors (Lipinski definition) is 3. The van der Waals surface area contributed by atoms with Crippen molar-refractivity contribution in [3.8, 4) is 5.69 Å². The molecule has 2 aromatic rings. The maximum Gasteiger partial charge on any atom is 0.351 e. The Hall–Kier alpha value is -2.11. The summed E-state index contributed by atoms with van der Waals surface area (Å²) >= 11 is 0. The minimum Gasteiger partial charge on any atom is -0.354 e. The van der Waals surface area contributed by atoms with Crippen LogP contribution < -0.4 is 11.0 Å². The third-order valence-electron chi connectivity index (χ3n) is 2.33. The Morgan fingerprint density at radius 1 is 1.47 bits per heavy atom. The molecule has 0 atom stereocenters. The highest BCUT2D eigenvalue weighted by molar-refractivity contribution is 5.40. The highest BCUT2D eigenvalue weighted by Crippen LogP contribution is 2.12. The number of nitrogens with zero attached hydrogens (tertiary/aromatic N) is 3. The highest BCUT2D eigenvalue weighted by atomic mass is 19.1. The van der Waals surface area contributed by atoms with Crippen LogP contribution in [0.25, 0.3) is 5.69 Å². The van der Waals surface area contributed by atoms with E-state index in [0.29, 0.717) is 18.2 Å². The van der Waals surface area contributed by atoms with E-state index in [1.165, 1.54) is 21.4 Å². The molecule has 0 saturated carbocycles. The van der Waals surface area contributed by atoms with Crippen LogP contribution in [0.3, 0.4) is 0 Å². The molecule has 0 unspecified atom stereocenters. The predicted octanol–water partition coefficient (Wildman–Crippen LogP) is 1.14. The summed E-state index contributed by atoms with van der Waals surface area (Å²) in [5.74, 6) is 0.0197. The number of anilines is 1. The summed E-state index contributed by atoms with van der Waals surface area (Å²) in [6.45, 7) is 2.53. The third kappa shape index (κ3) is 2.06. The van der Waals surface area contributed by atoms with Crippen molar-refractivity contribution in [2.24, 2.45) is 7.05 Å². The molecule has 0 aliphatic carbocycles. The fourth-order valence-corrected chi connectivity index (χ4v) is 1.59. The molecule has 0 bridgehead atoms. The second-order valence-corrected chi connectivity index (χ2v) is 3.58. The maximum absolute atomic E-state index is 13.1. The number of halogens is 1. The Morgan fingerprint density at radius 3 is 2.88 bits per heavy atom. The zero-order valence-corrected chi connectivity index (χ0v) is 9.64. The number of nitrogens with one attached hydrogen (secondary N) is 1. The van der Waals surface area contributed by atoms with Crippen LogP contribution in [0.2, 0.25) is 0 Å². The molecule has 90 valence electrons. The lowest BCUT2D eigenvalue weighted by atomic mass is 10.3. The quantitative estimate of drug-likeness (QED) is 0.869. The maximum atomic E-state index is 13.1. The van der Waals surface area contributed by atoms with Gasteiger partial charge in [0.05, 0.1) is 5.69 Å². The van der Waals surface area contributed by atoms with E-state index >= 15 is 0 Å². The molecule has 0 spiro atoms. The molecule has 1 heterocycles. The molecule has 5 nitrogen and oxygen atoms in total. The van der Waals surface area contributed by atoms with Gasteiger partial charge in [0.1, 0.15) is 5.82 Å². The van der Waals surface area contributed by atoms with E-state index in [1.54, 1.807) is 19.2 Å². The lowest BCUT2D eigenvalue weighted by Crippen LogP contribution is -2.22. The lowest BCUT2D eigenvalue weighted by molar-refractivity contribution is 0.626. The molecule has 0 saturated heterocycles.